The molecule has 1 atom stereocenters. The van der Waals surface area contributed by atoms with Gasteiger partial charge in [-0.1, -0.05) is 30.3 Å². The molecule has 2 rings (SSSR count). The van der Waals surface area contributed by atoms with Gasteiger partial charge in [-0.15, -0.1) is 0 Å². The van der Waals surface area contributed by atoms with Crippen molar-refractivity contribution in [3.63, 3.8) is 0 Å². The Morgan fingerprint density at radius 2 is 1.88 bits per heavy atom. The molecule has 0 spiro atoms. The van der Waals surface area contributed by atoms with E-state index in [1.165, 1.54) is 6.07 Å². The fourth-order valence-corrected chi connectivity index (χ4v) is 2.37. The van der Waals surface area contributed by atoms with Crippen molar-refractivity contribution in [1.82, 2.24) is 5.32 Å². The second kappa shape index (κ2) is 9.10. The zero-order valence-electron chi connectivity index (χ0n) is 13.1. The van der Waals surface area contributed by atoms with Crippen LogP contribution >= 0.6 is 0 Å². The minimum atomic E-state index is -0.816. The van der Waals surface area contributed by atoms with Crippen molar-refractivity contribution in [2.24, 2.45) is 0 Å². The first-order valence-corrected chi connectivity index (χ1v) is 7.74. The van der Waals surface area contributed by atoms with E-state index in [-0.39, 0.29) is 24.9 Å². The molecule has 0 radical (unpaired) electrons. The second-order valence-electron chi connectivity index (χ2n) is 5.38. The van der Waals surface area contributed by atoms with Crippen molar-refractivity contribution in [1.29, 1.82) is 0 Å². The monoisotopic (exact) mass is 334 g/mol. The highest BCUT2D eigenvalue weighted by Crippen LogP contribution is 2.18. The van der Waals surface area contributed by atoms with Gasteiger partial charge in [0.1, 0.15) is 11.6 Å². The van der Waals surface area contributed by atoms with Crippen LogP contribution in [0.15, 0.2) is 48.5 Å². The van der Waals surface area contributed by atoms with Gasteiger partial charge in [0.05, 0.1) is 12.2 Å². The summed E-state index contributed by atoms with van der Waals surface area (Å²) in [4.78, 5) is 12.0. The van der Waals surface area contributed by atoms with Gasteiger partial charge in [0, 0.05) is 18.7 Å². The van der Waals surface area contributed by atoms with Crippen LogP contribution < -0.4 is 10.6 Å². The molecule has 1 unspecified atom stereocenters. The number of nitrogens with one attached hydrogen (secondary N) is 2. The molecule has 3 N–H and O–H groups in total. The van der Waals surface area contributed by atoms with Gasteiger partial charge in [0.25, 0.3) is 0 Å². The Hall–Kier alpha value is -2.31. The number of carbonyl (C=O) groups is 1. The summed E-state index contributed by atoms with van der Waals surface area (Å²) in [6.07, 6.45) is 1.26. The number of carbonyl (C=O) groups excluding carboxylic acids is 1. The molecule has 24 heavy (non-hydrogen) atoms. The third kappa shape index (κ3) is 5.40. The summed E-state index contributed by atoms with van der Waals surface area (Å²) in [6, 6.07) is 12.5. The molecule has 0 saturated carbocycles. The van der Waals surface area contributed by atoms with Crippen molar-refractivity contribution < 1.29 is 18.7 Å². The Morgan fingerprint density at radius 3 is 2.54 bits per heavy atom. The normalized spacial score (nSPS) is 12.0. The number of halogens is 2. The Balaban J connectivity index is 1.94. The lowest BCUT2D eigenvalue weighted by Gasteiger charge is -2.19. The maximum absolute atomic E-state index is 13.5. The minimum absolute atomic E-state index is 0.0260. The smallest absolute Gasteiger partial charge is 0.238 e. The number of aliphatic hydroxyl groups excluding tert-OH is 1. The quantitative estimate of drug-likeness (QED) is 0.695. The summed E-state index contributed by atoms with van der Waals surface area (Å²) in [5.74, 6) is -1.94. The maximum atomic E-state index is 13.5. The molecule has 0 fully saturated rings. The molecule has 1 amide bonds. The number of aliphatic hydroxyl groups is 1. The Kier molecular flexibility index (Phi) is 6.84. The van der Waals surface area contributed by atoms with E-state index in [0.29, 0.717) is 12.8 Å². The highest BCUT2D eigenvalue weighted by atomic mass is 19.1. The summed E-state index contributed by atoms with van der Waals surface area (Å²) >= 11 is 0. The van der Waals surface area contributed by atoms with E-state index in [0.717, 1.165) is 17.7 Å². The first-order chi connectivity index (χ1) is 11.6. The molecule has 6 heteroatoms. The van der Waals surface area contributed by atoms with Gasteiger partial charge in [-0.05, 0) is 30.5 Å². The van der Waals surface area contributed by atoms with E-state index in [1.54, 1.807) is 0 Å². The third-order valence-corrected chi connectivity index (χ3v) is 3.57. The van der Waals surface area contributed by atoms with Gasteiger partial charge < -0.3 is 15.7 Å². The van der Waals surface area contributed by atoms with Gasteiger partial charge in [-0.2, -0.15) is 0 Å². The Bertz CT molecular complexity index is 665. The molecule has 2 aromatic rings. The molecular weight excluding hydrogens is 314 g/mol. The Morgan fingerprint density at radius 1 is 1.12 bits per heavy atom. The SMILES string of the molecule is O=C(CNC(CCCO)c1ccccc1)Nc1ccc(F)cc1F. The van der Waals surface area contributed by atoms with E-state index in [2.05, 4.69) is 10.6 Å². The van der Waals surface area contributed by atoms with Crippen molar-refractivity contribution >= 4 is 11.6 Å². The highest BCUT2D eigenvalue weighted by molar-refractivity contribution is 5.92. The summed E-state index contributed by atoms with van der Waals surface area (Å²) in [7, 11) is 0. The summed E-state index contributed by atoms with van der Waals surface area (Å²) in [5, 5.41) is 14.5. The summed E-state index contributed by atoms with van der Waals surface area (Å²) in [6.45, 7) is 0.0415. The third-order valence-electron chi connectivity index (χ3n) is 3.57. The van der Waals surface area contributed by atoms with Crippen LogP contribution in [0.3, 0.4) is 0 Å². The lowest BCUT2D eigenvalue weighted by Crippen LogP contribution is -2.31. The largest absolute Gasteiger partial charge is 0.396 e. The number of amides is 1. The molecule has 4 nitrogen and oxygen atoms in total. The molecule has 0 aliphatic carbocycles. The first kappa shape index (κ1) is 18.0. The number of rotatable bonds is 8. The van der Waals surface area contributed by atoms with Crippen LogP contribution in [-0.2, 0) is 4.79 Å². The van der Waals surface area contributed by atoms with Crippen molar-refractivity contribution in [2.45, 2.75) is 18.9 Å². The predicted octanol–water partition coefficient (Wildman–Crippen LogP) is 3.01. The molecule has 0 saturated heterocycles. The fourth-order valence-electron chi connectivity index (χ4n) is 2.37. The fraction of sp³-hybridized carbons (Fsp3) is 0.278. The number of anilines is 1. The van der Waals surface area contributed by atoms with E-state index >= 15 is 0 Å². The summed E-state index contributed by atoms with van der Waals surface area (Å²) < 4.78 is 26.4. The molecule has 2 aromatic carbocycles. The van der Waals surface area contributed by atoms with Gasteiger partial charge in [-0.3, -0.25) is 4.79 Å². The topological polar surface area (TPSA) is 61.4 Å². The van der Waals surface area contributed by atoms with Crippen LogP contribution in [0.2, 0.25) is 0 Å². The standard InChI is InChI=1S/C18H20F2N2O2/c19-14-8-9-17(15(20)11-14)22-18(24)12-21-16(7-4-10-23)13-5-2-1-3-6-13/h1-3,5-6,8-9,11,16,21,23H,4,7,10,12H2,(H,22,24). The average molecular weight is 334 g/mol. The zero-order valence-corrected chi connectivity index (χ0v) is 13.1. The van der Waals surface area contributed by atoms with Gasteiger partial charge in [0.15, 0.2) is 0 Å². The van der Waals surface area contributed by atoms with E-state index in [9.17, 15) is 13.6 Å². The second-order valence-corrected chi connectivity index (χ2v) is 5.38. The number of hydrogen-bond acceptors (Lipinski definition) is 3. The maximum Gasteiger partial charge on any atom is 0.238 e. The van der Waals surface area contributed by atoms with Crippen molar-refractivity contribution in [3.05, 3.63) is 65.7 Å². The van der Waals surface area contributed by atoms with E-state index < -0.39 is 17.5 Å². The molecule has 0 aliphatic heterocycles. The zero-order chi connectivity index (χ0) is 17.4. The van der Waals surface area contributed by atoms with Crippen molar-refractivity contribution in [3.8, 4) is 0 Å². The molecule has 0 heterocycles. The van der Waals surface area contributed by atoms with Crippen LogP contribution in [0.25, 0.3) is 0 Å². The van der Waals surface area contributed by atoms with Crippen LogP contribution in [0, 0.1) is 11.6 Å². The first-order valence-electron chi connectivity index (χ1n) is 7.74. The van der Waals surface area contributed by atoms with E-state index in [4.69, 9.17) is 5.11 Å². The van der Waals surface area contributed by atoms with Crippen LogP contribution in [-0.4, -0.2) is 24.2 Å². The van der Waals surface area contributed by atoms with Crippen LogP contribution in [0.1, 0.15) is 24.4 Å². The number of hydrogen-bond donors (Lipinski definition) is 3. The van der Waals surface area contributed by atoms with Crippen LogP contribution in [0.5, 0.6) is 0 Å². The van der Waals surface area contributed by atoms with Crippen molar-refractivity contribution in [2.75, 3.05) is 18.5 Å². The molecule has 0 aromatic heterocycles. The minimum Gasteiger partial charge on any atom is -0.396 e. The molecular formula is C18H20F2N2O2. The number of benzene rings is 2. The predicted molar refractivity (Wildman–Crippen MR) is 88.5 cm³/mol. The van der Waals surface area contributed by atoms with Gasteiger partial charge in [-0.25, -0.2) is 8.78 Å². The van der Waals surface area contributed by atoms with Gasteiger partial charge in [0.2, 0.25) is 5.91 Å². The molecule has 128 valence electrons. The molecule has 0 bridgehead atoms. The van der Waals surface area contributed by atoms with E-state index in [1.807, 2.05) is 30.3 Å². The summed E-state index contributed by atoms with van der Waals surface area (Å²) in [5.41, 5.74) is 0.946. The average Bonchev–Trinajstić information content (AvgIpc) is 2.58. The molecule has 0 aliphatic rings. The van der Waals surface area contributed by atoms with Gasteiger partial charge >= 0.3 is 0 Å². The highest BCUT2D eigenvalue weighted by Gasteiger charge is 2.13. The van der Waals surface area contributed by atoms with Crippen LogP contribution in [0.4, 0.5) is 14.5 Å². The Labute approximate surface area is 139 Å². The lowest BCUT2D eigenvalue weighted by atomic mass is 10.0. The lowest BCUT2D eigenvalue weighted by molar-refractivity contribution is -0.115.